The van der Waals surface area contributed by atoms with Crippen molar-refractivity contribution < 1.29 is 31.2 Å². The maximum Gasteiger partial charge on any atom is 0.303 e. The summed E-state index contributed by atoms with van der Waals surface area (Å²) in [5.41, 5.74) is 0.918. The third-order valence-electron chi connectivity index (χ3n) is 7.14. The monoisotopic (exact) mass is 598 g/mol. The Kier molecular flexibility index (Phi) is 7.65. The lowest BCUT2D eigenvalue weighted by Gasteiger charge is -2.39. The Morgan fingerprint density at radius 1 is 1.17 bits per heavy atom. The van der Waals surface area contributed by atoms with Crippen molar-refractivity contribution in [2.24, 2.45) is 0 Å². The Hall–Kier alpha value is -4.48. The van der Waals surface area contributed by atoms with E-state index in [2.05, 4.69) is 15.0 Å². The number of nitrogens with zero attached hydrogens (tertiary/aromatic N) is 4. The highest BCUT2D eigenvalue weighted by Crippen LogP contribution is 2.39. The van der Waals surface area contributed by atoms with E-state index in [1.165, 1.54) is 30.5 Å². The SMILES string of the molecule is Cc1ccccc1[C@@H](C(=O)NC1CC(F)(F)C1)N(C(=O)[C@@H]1CNS(=O)(=O)N1c1cc(C#N)ccn1)c1cccc(F)c1. The minimum Gasteiger partial charge on any atom is -0.351 e. The van der Waals surface area contributed by atoms with E-state index in [4.69, 9.17) is 0 Å². The van der Waals surface area contributed by atoms with Gasteiger partial charge in [0.1, 0.15) is 23.7 Å². The van der Waals surface area contributed by atoms with Crippen LogP contribution < -0.4 is 19.2 Å². The van der Waals surface area contributed by atoms with Gasteiger partial charge in [-0.25, -0.2) is 22.5 Å². The maximum atomic E-state index is 14.5. The number of anilines is 2. The van der Waals surface area contributed by atoms with Crippen molar-refractivity contribution in [3.05, 3.63) is 89.4 Å². The fraction of sp³-hybridized carbons (Fsp3) is 0.286. The van der Waals surface area contributed by atoms with Crippen LogP contribution in [0.4, 0.5) is 24.7 Å². The second kappa shape index (κ2) is 11.1. The lowest BCUT2D eigenvalue weighted by molar-refractivity contribution is -0.133. The van der Waals surface area contributed by atoms with Crippen molar-refractivity contribution in [1.29, 1.82) is 5.26 Å². The molecular weight excluding hydrogens is 573 g/mol. The zero-order chi connectivity index (χ0) is 30.2. The molecule has 1 saturated heterocycles. The number of hydrogen-bond donors (Lipinski definition) is 2. The van der Waals surface area contributed by atoms with Gasteiger partial charge in [-0.2, -0.15) is 18.4 Å². The summed E-state index contributed by atoms with van der Waals surface area (Å²) >= 11 is 0. The number of aromatic nitrogens is 1. The third kappa shape index (κ3) is 5.65. The molecule has 3 aromatic rings. The van der Waals surface area contributed by atoms with Crippen LogP contribution in [0.2, 0.25) is 0 Å². The van der Waals surface area contributed by atoms with E-state index in [9.17, 15) is 36.4 Å². The molecule has 0 bridgehead atoms. The van der Waals surface area contributed by atoms with Gasteiger partial charge in [0.15, 0.2) is 0 Å². The van der Waals surface area contributed by atoms with Gasteiger partial charge in [0.25, 0.3) is 11.8 Å². The van der Waals surface area contributed by atoms with Gasteiger partial charge in [-0.05, 0) is 48.4 Å². The molecule has 2 N–H and O–H groups in total. The van der Waals surface area contributed by atoms with Crippen molar-refractivity contribution >= 4 is 33.5 Å². The van der Waals surface area contributed by atoms with Crippen LogP contribution in [-0.2, 0) is 19.8 Å². The summed E-state index contributed by atoms with van der Waals surface area (Å²) in [5.74, 6) is -5.59. The normalized spacial score (nSPS) is 19.8. The molecule has 10 nitrogen and oxygen atoms in total. The number of aryl methyl sites for hydroxylation is 1. The van der Waals surface area contributed by atoms with Crippen LogP contribution in [0.3, 0.4) is 0 Å². The molecule has 0 radical (unpaired) electrons. The van der Waals surface area contributed by atoms with Gasteiger partial charge in [0.05, 0.1) is 11.6 Å². The first-order chi connectivity index (χ1) is 19.9. The summed E-state index contributed by atoms with van der Waals surface area (Å²) in [4.78, 5) is 33.3. The number of hydrogen-bond acceptors (Lipinski definition) is 6. The average molecular weight is 599 g/mol. The number of benzene rings is 2. The number of carbonyl (C=O) groups excluding carboxylic acids is 2. The highest BCUT2D eigenvalue weighted by atomic mass is 32.2. The van der Waals surface area contributed by atoms with Gasteiger partial charge in [-0.15, -0.1) is 0 Å². The van der Waals surface area contributed by atoms with Crippen LogP contribution in [0.1, 0.15) is 35.6 Å². The van der Waals surface area contributed by atoms with Crippen molar-refractivity contribution in [2.75, 3.05) is 15.7 Å². The molecule has 1 saturated carbocycles. The zero-order valence-electron chi connectivity index (χ0n) is 22.2. The summed E-state index contributed by atoms with van der Waals surface area (Å²) < 4.78 is 70.9. The molecule has 2 atom stereocenters. The van der Waals surface area contributed by atoms with E-state index in [0.717, 1.165) is 17.0 Å². The lowest BCUT2D eigenvalue weighted by Crippen LogP contribution is -2.56. The molecular formula is C28H25F3N6O4S. The first-order valence-electron chi connectivity index (χ1n) is 12.9. The first kappa shape index (κ1) is 29.0. The van der Waals surface area contributed by atoms with E-state index in [1.807, 2.05) is 6.07 Å². The molecule has 42 heavy (non-hydrogen) atoms. The van der Waals surface area contributed by atoms with E-state index in [1.54, 1.807) is 31.2 Å². The van der Waals surface area contributed by atoms with Crippen LogP contribution >= 0.6 is 0 Å². The Morgan fingerprint density at radius 3 is 2.57 bits per heavy atom. The predicted octanol–water partition coefficient (Wildman–Crippen LogP) is 3.11. The Bertz CT molecular complexity index is 1690. The molecule has 2 aromatic carbocycles. The number of carbonyl (C=O) groups is 2. The average Bonchev–Trinajstić information content (AvgIpc) is 3.25. The van der Waals surface area contributed by atoms with E-state index >= 15 is 0 Å². The van der Waals surface area contributed by atoms with Gasteiger partial charge in [0, 0.05) is 37.3 Å². The molecule has 2 amide bonds. The molecule has 5 rings (SSSR count). The molecule has 1 aromatic heterocycles. The van der Waals surface area contributed by atoms with E-state index in [-0.39, 0.29) is 17.1 Å². The van der Waals surface area contributed by atoms with Gasteiger partial charge >= 0.3 is 10.2 Å². The fourth-order valence-corrected chi connectivity index (χ4v) is 6.46. The second-order valence-electron chi connectivity index (χ2n) is 10.1. The molecule has 2 heterocycles. The number of nitriles is 1. The van der Waals surface area contributed by atoms with Gasteiger partial charge < -0.3 is 5.32 Å². The summed E-state index contributed by atoms with van der Waals surface area (Å²) in [6, 6.07) is 12.0. The largest absolute Gasteiger partial charge is 0.351 e. The van der Waals surface area contributed by atoms with Crippen LogP contribution in [-0.4, -0.2) is 49.8 Å². The van der Waals surface area contributed by atoms with Crippen molar-refractivity contribution in [3.63, 3.8) is 0 Å². The summed E-state index contributed by atoms with van der Waals surface area (Å²) in [6.45, 7) is 1.26. The Labute approximate surface area is 239 Å². The van der Waals surface area contributed by atoms with E-state index < -0.39 is 71.3 Å². The van der Waals surface area contributed by atoms with Crippen LogP contribution in [0, 0.1) is 24.1 Å². The smallest absolute Gasteiger partial charge is 0.303 e. The third-order valence-corrected chi connectivity index (χ3v) is 8.63. The van der Waals surface area contributed by atoms with Crippen molar-refractivity contribution in [2.45, 2.75) is 43.8 Å². The van der Waals surface area contributed by atoms with Crippen molar-refractivity contribution in [3.8, 4) is 6.07 Å². The first-order valence-corrected chi connectivity index (χ1v) is 14.3. The zero-order valence-corrected chi connectivity index (χ0v) is 23.0. The highest BCUT2D eigenvalue weighted by Gasteiger charge is 2.49. The molecule has 2 fully saturated rings. The standard InChI is InChI=1S/C28H25F3N6O4S/c1-17-5-2-3-8-22(17)25(26(38)35-20-13-28(30,31)14-20)36(21-7-4-6-19(29)12-21)27(39)23-16-34-42(40,41)37(23)24-11-18(15-32)9-10-33-24/h2-12,20,23,25,34H,13-14,16H2,1H3,(H,35,38)/t23-,25-/m0/s1. The van der Waals surface area contributed by atoms with Crippen LogP contribution in [0.15, 0.2) is 66.9 Å². The number of rotatable bonds is 7. The van der Waals surface area contributed by atoms with Gasteiger partial charge in [0.2, 0.25) is 5.91 Å². The number of halogens is 3. The quantitative estimate of drug-likeness (QED) is 0.429. The van der Waals surface area contributed by atoms with Crippen LogP contribution in [0.25, 0.3) is 0 Å². The molecule has 14 heteroatoms. The predicted molar refractivity (Wildman–Crippen MR) is 146 cm³/mol. The topological polar surface area (TPSA) is 136 Å². The molecule has 1 aliphatic heterocycles. The fourth-order valence-electron chi connectivity index (χ4n) is 5.11. The highest BCUT2D eigenvalue weighted by molar-refractivity contribution is 7.91. The van der Waals surface area contributed by atoms with Gasteiger partial charge in [-0.3, -0.25) is 14.5 Å². The Morgan fingerprint density at radius 2 is 1.90 bits per heavy atom. The van der Waals surface area contributed by atoms with Crippen LogP contribution in [0.5, 0.6) is 0 Å². The minimum absolute atomic E-state index is 0.0645. The summed E-state index contributed by atoms with van der Waals surface area (Å²) in [6.07, 6.45) is 0.0603. The summed E-state index contributed by atoms with van der Waals surface area (Å²) in [7, 11) is -4.32. The number of amides is 2. The second-order valence-corrected chi connectivity index (χ2v) is 11.7. The van der Waals surface area contributed by atoms with Gasteiger partial charge in [-0.1, -0.05) is 30.3 Å². The number of pyridine rings is 1. The maximum absolute atomic E-state index is 14.5. The molecule has 0 spiro atoms. The molecule has 218 valence electrons. The summed E-state index contributed by atoms with van der Waals surface area (Å²) in [5, 5.41) is 11.9. The molecule has 1 aliphatic carbocycles. The minimum atomic E-state index is -4.32. The van der Waals surface area contributed by atoms with Crippen molar-refractivity contribution in [1.82, 2.24) is 15.0 Å². The Balaban J connectivity index is 1.63. The number of nitrogens with one attached hydrogen (secondary N) is 2. The molecule has 0 unspecified atom stereocenters. The lowest BCUT2D eigenvalue weighted by atomic mass is 9.87. The molecule has 2 aliphatic rings. The van der Waals surface area contributed by atoms with E-state index in [0.29, 0.717) is 15.4 Å². The number of alkyl halides is 2.